The van der Waals surface area contributed by atoms with Gasteiger partial charge >= 0.3 is 0 Å². The lowest BCUT2D eigenvalue weighted by Gasteiger charge is -2.33. The van der Waals surface area contributed by atoms with Crippen molar-refractivity contribution in [3.8, 4) is 0 Å². The lowest BCUT2D eigenvalue weighted by molar-refractivity contribution is -0.118. The van der Waals surface area contributed by atoms with Gasteiger partial charge in [-0.1, -0.05) is 24.6 Å². The van der Waals surface area contributed by atoms with E-state index in [1.54, 1.807) is 11.3 Å². The highest BCUT2D eigenvalue weighted by atomic mass is 32.1. The number of fused-ring (bicyclic) bond motifs is 1. The lowest BCUT2D eigenvalue weighted by atomic mass is 10.0. The summed E-state index contributed by atoms with van der Waals surface area (Å²) in [6.45, 7) is 5.50. The van der Waals surface area contributed by atoms with Crippen LogP contribution in [0.2, 0.25) is 0 Å². The molecule has 1 N–H and O–H groups in total. The minimum absolute atomic E-state index is 0.0475. The number of piperidine rings is 1. The molecule has 3 aromatic rings. The highest BCUT2D eigenvalue weighted by Gasteiger charge is 2.28. The Morgan fingerprint density at radius 3 is 2.85 bits per heavy atom. The number of hydrogen-bond acceptors (Lipinski definition) is 4. The molecule has 1 aliphatic heterocycles. The second-order valence-electron chi connectivity index (χ2n) is 7.35. The second-order valence-corrected chi connectivity index (χ2v) is 8.41. The zero-order valence-electron chi connectivity index (χ0n) is 15.9. The number of amides is 1. The number of aryl methyl sites for hydroxylation is 2. The van der Waals surface area contributed by atoms with Crippen LogP contribution < -0.4 is 5.32 Å². The van der Waals surface area contributed by atoms with E-state index in [4.69, 9.17) is 4.98 Å². The minimum atomic E-state index is 0.0475. The molecule has 0 bridgehead atoms. The molecule has 1 atom stereocenters. The number of anilines is 1. The largest absolute Gasteiger partial charge is 0.325 e. The molecule has 1 fully saturated rings. The Balaban J connectivity index is 1.48. The van der Waals surface area contributed by atoms with Gasteiger partial charge in [0.05, 0.1) is 22.8 Å². The van der Waals surface area contributed by atoms with Crippen LogP contribution in [0, 0.1) is 13.8 Å². The molecule has 5 heteroatoms. The topological polar surface area (TPSA) is 45.2 Å². The maximum Gasteiger partial charge on any atom is 0.238 e. The van der Waals surface area contributed by atoms with Crippen LogP contribution in [0.25, 0.3) is 10.2 Å². The molecule has 27 heavy (non-hydrogen) atoms. The van der Waals surface area contributed by atoms with Crippen LogP contribution in [-0.4, -0.2) is 28.9 Å². The molecule has 1 aromatic heterocycles. The average Bonchev–Trinajstić information content (AvgIpc) is 3.09. The second kappa shape index (κ2) is 7.79. The monoisotopic (exact) mass is 379 g/mol. The van der Waals surface area contributed by atoms with E-state index in [0.29, 0.717) is 6.54 Å². The smallest absolute Gasteiger partial charge is 0.238 e. The van der Waals surface area contributed by atoms with E-state index in [1.165, 1.54) is 22.2 Å². The molecule has 0 unspecified atom stereocenters. The Morgan fingerprint density at radius 2 is 2.04 bits per heavy atom. The van der Waals surface area contributed by atoms with Crippen molar-refractivity contribution in [1.82, 2.24) is 9.88 Å². The fourth-order valence-corrected chi connectivity index (χ4v) is 4.83. The number of benzene rings is 2. The number of rotatable bonds is 4. The highest BCUT2D eigenvalue weighted by molar-refractivity contribution is 7.18. The number of carbonyl (C=O) groups excluding carboxylic acids is 1. The molecule has 4 rings (SSSR count). The van der Waals surface area contributed by atoms with Gasteiger partial charge in [-0.25, -0.2) is 4.98 Å². The predicted molar refractivity (Wildman–Crippen MR) is 112 cm³/mol. The molecule has 0 radical (unpaired) electrons. The molecule has 0 aliphatic carbocycles. The van der Waals surface area contributed by atoms with Crippen LogP contribution >= 0.6 is 11.3 Å². The molecule has 4 nitrogen and oxygen atoms in total. The molecule has 140 valence electrons. The molecule has 0 saturated carbocycles. The van der Waals surface area contributed by atoms with Crippen molar-refractivity contribution in [3.05, 3.63) is 58.6 Å². The Hall–Kier alpha value is -2.24. The summed E-state index contributed by atoms with van der Waals surface area (Å²) >= 11 is 1.76. The van der Waals surface area contributed by atoms with Crippen LogP contribution in [0.15, 0.2) is 42.5 Å². The molecular formula is C22H25N3OS. The van der Waals surface area contributed by atoms with E-state index in [1.807, 2.05) is 18.2 Å². The highest BCUT2D eigenvalue weighted by Crippen LogP contribution is 2.35. The summed E-state index contributed by atoms with van der Waals surface area (Å²) in [7, 11) is 0. The number of hydrogen-bond donors (Lipinski definition) is 1. The molecular weight excluding hydrogens is 354 g/mol. The third kappa shape index (κ3) is 4.04. The number of thiazole rings is 1. The summed E-state index contributed by atoms with van der Waals surface area (Å²) < 4.78 is 1.22. The fourth-order valence-electron chi connectivity index (χ4n) is 3.70. The van der Waals surface area contributed by atoms with Crippen LogP contribution in [-0.2, 0) is 4.79 Å². The minimum Gasteiger partial charge on any atom is -0.325 e. The van der Waals surface area contributed by atoms with Gasteiger partial charge in [-0.05, 0) is 68.6 Å². The van der Waals surface area contributed by atoms with E-state index in [9.17, 15) is 4.79 Å². The third-order valence-corrected chi connectivity index (χ3v) is 6.48. The summed E-state index contributed by atoms with van der Waals surface area (Å²) in [5.41, 5.74) is 4.36. The van der Waals surface area contributed by atoms with Gasteiger partial charge in [0.25, 0.3) is 0 Å². The standard InChI is InChI=1S/C22H25N3OS/c1-15-10-11-17(13-16(15)2)23-21(26)14-25-12-6-5-8-19(25)22-24-18-7-3-4-9-20(18)27-22/h3-4,7,9-11,13,19H,5-6,8,12,14H2,1-2H3,(H,23,26)/t19-/m1/s1. The number of aromatic nitrogens is 1. The maximum absolute atomic E-state index is 12.7. The van der Waals surface area contributed by atoms with Crippen molar-refractivity contribution in [3.63, 3.8) is 0 Å². The molecule has 1 saturated heterocycles. The van der Waals surface area contributed by atoms with Crippen LogP contribution in [0.1, 0.15) is 41.4 Å². The van der Waals surface area contributed by atoms with Gasteiger partial charge in [0.1, 0.15) is 5.01 Å². The van der Waals surface area contributed by atoms with Crippen molar-refractivity contribution in [2.24, 2.45) is 0 Å². The fraction of sp³-hybridized carbons (Fsp3) is 0.364. The van der Waals surface area contributed by atoms with Crippen LogP contribution in [0.5, 0.6) is 0 Å². The predicted octanol–water partition coefficient (Wildman–Crippen LogP) is 5.08. The normalized spacial score (nSPS) is 17.9. The van der Waals surface area contributed by atoms with E-state index in [0.717, 1.165) is 35.6 Å². The summed E-state index contributed by atoms with van der Waals surface area (Å²) in [6.07, 6.45) is 3.39. The molecule has 1 amide bonds. The number of nitrogens with one attached hydrogen (secondary N) is 1. The van der Waals surface area contributed by atoms with Crippen LogP contribution in [0.3, 0.4) is 0 Å². The zero-order chi connectivity index (χ0) is 18.8. The first-order valence-corrected chi connectivity index (χ1v) is 10.4. The molecule has 2 aromatic carbocycles. The van der Waals surface area contributed by atoms with Gasteiger partial charge in [-0.3, -0.25) is 9.69 Å². The van der Waals surface area contributed by atoms with E-state index in [-0.39, 0.29) is 11.9 Å². The third-order valence-electron chi connectivity index (χ3n) is 5.35. The van der Waals surface area contributed by atoms with Crippen molar-refractivity contribution in [2.45, 2.75) is 39.2 Å². The van der Waals surface area contributed by atoms with E-state index < -0.39 is 0 Å². The first-order valence-electron chi connectivity index (χ1n) is 9.57. The zero-order valence-corrected chi connectivity index (χ0v) is 16.7. The van der Waals surface area contributed by atoms with Crippen molar-refractivity contribution >= 4 is 33.1 Å². The van der Waals surface area contributed by atoms with Gasteiger partial charge in [0.2, 0.25) is 5.91 Å². The number of carbonyl (C=O) groups is 1. The summed E-state index contributed by atoms with van der Waals surface area (Å²) in [6, 6.07) is 14.6. The molecule has 1 aliphatic rings. The SMILES string of the molecule is Cc1ccc(NC(=O)CN2CCCC[C@@H]2c2nc3ccccc3s2)cc1C. The maximum atomic E-state index is 12.7. The summed E-state index contributed by atoms with van der Waals surface area (Å²) in [4.78, 5) is 19.8. The van der Waals surface area contributed by atoms with Gasteiger partial charge in [0.15, 0.2) is 0 Å². The lowest BCUT2D eigenvalue weighted by Crippen LogP contribution is -2.39. The van der Waals surface area contributed by atoms with Gasteiger partial charge in [-0.2, -0.15) is 0 Å². The Morgan fingerprint density at radius 1 is 1.19 bits per heavy atom. The Labute approximate surface area is 164 Å². The summed E-state index contributed by atoms with van der Waals surface area (Å²) in [5.74, 6) is 0.0475. The molecule has 2 heterocycles. The Kier molecular flexibility index (Phi) is 5.23. The van der Waals surface area contributed by atoms with Crippen molar-refractivity contribution in [1.29, 1.82) is 0 Å². The Bertz CT molecular complexity index is 932. The quantitative estimate of drug-likeness (QED) is 0.688. The number of likely N-dealkylation sites (tertiary alicyclic amines) is 1. The first-order chi connectivity index (χ1) is 13.1. The van der Waals surface area contributed by atoms with Crippen molar-refractivity contribution < 1.29 is 4.79 Å². The van der Waals surface area contributed by atoms with Crippen molar-refractivity contribution in [2.75, 3.05) is 18.4 Å². The first kappa shape index (κ1) is 18.1. The van der Waals surface area contributed by atoms with Gasteiger partial charge in [0, 0.05) is 5.69 Å². The summed E-state index contributed by atoms with van der Waals surface area (Å²) in [5, 5.41) is 4.19. The van der Waals surface area contributed by atoms with E-state index in [2.05, 4.69) is 48.3 Å². The van der Waals surface area contributed by atoms with Crippen LogP contribution in [0.4, 0.5) is 5.69 Å². The van der Waals surface area contributed by atoms with E-state index >= 15 is 0 Å². The number of para-hydroxylation sites is 1. The average molecular weight is 380 g/mol. The molecule has 0 spiro atoms. The number of nitrogens with zero attached hydrogens (tertiary/aromatic N) is 2. The van der Waals surface area contributed by atoms with Gasteiger partial charge < -0.3 is 5.32 Å². The van der Waals surface area contributed by atoms with Gasteiger partial charge in [-0.15, -0.1) is 11.3 Å².